The van der Waals surface area contributed by atoms with Gasteiger partial charge < -0.3 is 15.1 Å². The lowest BCUT2D eigenvalue weighted by atomic mass is 9.94. The maximum absolute atomic E-state index is 13.0. The van der Waals surface area contributed by atoms with Crippen LogP contribution in [0.1, 0.15) is 39.5 Å². The van der Waals surface area contributed by atoms with Crippen LogP contribution in [0.2, 0.25) is 0 Å². The van der Waals surface area contributed by atoms with Crippen molar-refractivity contribution in [1.29, 1.82) is 0 Å². The van der Waals surface area contributed by atoms with Gasteiger partial charge in [-0.3, -0.25) is 14.4 Å². The molecule has 2 aliphatic rings. The number of nitrogens with zero attached hydrogens (tertiary/aromatic N) is 4. The number of para-hydroxylation sites is 1. The van der Waals surface area contributed by atoms with E-state index in [9.17, 15) is 14.4 Å². The molecule has 1 N–H and O–H groups in total. The molecule has 0 spiro atoms. The van der Waals surface area contributed by atoms with E-state index in [1.165, 1.54) is 11.3 Å². The number of nitrogens with one attached hydrogen (secondary N) is 1. The first-order chi connectivity index (χ1) is 15.9. The molecule has 0 saturated carbocycles. The van der Waals surface area contributed by atoms with Gasteiger partial charge in [-0.25, -0.2) is 0 Å². The number of carbonyl (C=O) groups excluding carboxylic acids is 3. The number of hydrogen-bond donors (Lipinski definition) is 1. The number of amides is 3. The predicted molar refractivity (Wildman–Crippen MR) is 130 cm³/mol. The molecule has 2 fully saturated rings. The van der Waals surface area contributed by atoms with Crippen molar-refractivity contribution in [3.05, 3.63) is 30.3 Å². The summed E-state index contributed by atoms with van der Waals surface area (Å²) in [5, 5.41) is 12.1. The van der Waals surface area contributed by atoms with Crippen molar-refractivity contribution in [1.82, 2.24) is 15.1 Å². The Morgan fingerprint density at radius 3 is 2.61 bits per heavy atom. The van der Waals surface area contributed by atoms with Crippen LogP contribution in [0.3, 0.4) is 0 Å². The molecule has 8 nitrogen and oxygen atoms in total. The highest BCUT2D eigenvalue weighted by molar-refractivity contribution is 8.01. The van der Waals surface area contributed by atoms with Crippen molar-refractivity contribution in [3.63, 3.8) is 0 Å². The fourth-order valence-electron chi connectivity index (χ4n) is 4.12. The van der Waals surface area contributed by atoms with Crippen LogP contribution in [0.4, 0.5) is 10.8 Å². The van der Waals surface area contributed by atoms with Crippen molar-refractivity contribution in [2.75, 3.05) is 29.9 Å². The third-order valence-electron chi connectivity index (χ3n) is 6.23. The zero-order chi connectivity index (χ0) is 23.4. The van der Waals surface area contributed by atoms with Gasteiger partial charge in [0.1, 0.15) is 0 Å². The maximum atomic E-state index is 13.0. The summed E-state index contributed by atoms with van der Waals surface area (Å²) in [5.41, 5.74) is 0.829. The van der Waals surface area contributed by atoms with E-state index in [0.717, 1.165) is 16.4 Å². The summed E-state index contributed by atoms with van der Waals surface area (Å²) in [6, 6.07) is 9.46. The number of thioether (sulfide) groups is 1. The molecule has 0 bridgehead atoms. The minimum atomic E-state index is -0.328. The molecule has 3 heterocycles. The van der Waals surface area contributed by atoms with Crippen molar-refractivity contribution >= 4 is 51.6 Å². The summed E-state index contributed by atoms with van der Waals surface area (Å²) in [5.74, 6) is -0.557. The predicted octanol–water partition coefficient (Wildman–Crippen LogP) is 3.66. The van der Waals surface area contributed by atoms with Crippen LogP contribution in [0.15, 0.2) is 34.7 Å². The molecule has 33 heavy (non-hydrogen) atoms. The van der Waals surface area contributed by atoms with Gasteiger partial charge in [-0.15, -0.1) is 10.2 Å². The molecule has 4 rings (SSSR count). The number of aromatic nitrogens is 2. The van der Waals surface area contributed by atoms with Gasteiger partial charge in [0, 0.05) is 42.9 Å². The van der Waals surface area contributed by atoms with E-state index < -0.39 is 0 Å². The highest BCUT2D eigenvalue weighted by atomic mass is 32.2. The fraction of sp³-hybridized carbons (Fsp3) is 0.522. The lowest BCUT2D eigenvalue weighted by Gasteiger charge is -2.32. The monoisotopic (exact) mass is 487 g/mol. The van der Waals surface area contributed by atoms with Gasteiger partial charge in [-0.1, -0.05) is 55.1 Å². The van der Waals surface area contributed by atoms with Crippen molar-refractivity contribution in [3.8, 4) is 0 Å². The van der Waals surface area contributed by atoms with Gasteiger partial charge >= 0.3 is 0 Å². The topological polar surface area (TPSA) is 95.5 Å². The van der Waals surface area contributed by atoms with E-state index in [1.807, 2.05) is 35.2 Å². The molecule has 2 aromatic rings. The van der Waals surface area contributed by atoms with Crippen LogP contribution in [-0.2, 0) is 14.4 Å². The first-order valence-corrected chi connectivity index (χ1v) is 13.1. The SMILES string of the molecule is CCC(C)Sc1nnc(NC(=O)C2CCN(C(=O)C3CC(=O)N(c4ccccc4)C3)CC2)s1. The zero-order valence-electron chi connectivity index (χ0n) is 18.9. The van der Waals surface area contributed by atoms with Crippen molar-refractivity contribution in [2.24, 2.45) is 11.8 Å². The Kier molecular flexibility index (Phi) is 7.64. The van der Waals surface area contributed by atoms with Gasteiger partial charge in [0.25, 0.3) is 0 Å². The lowest BCUT2D eigenvalue weighted by Crippen LogP contribution is -2.44. The second-order valence-electron chi connectivity index (χ2n) is 8.54. The Morgan fingerprint density at radius 2 is 1.91 bits per heavy atom. The lowest BCUT2D eigenvalue weighted by molar-refractivity contribution is -0.138. The molecular formula is C23H29N5O3S2. The number of likely N-dealkylation sites (tertiary alicyclic amines) is 1. The zero-order valence-corrected chi connectivity index (χ0v) is 20.5. The Labute approximate surface area is 202 Å². The van der Waals surface area contributed by atoms with Crippen molar-refractivity contribution < 1.29 is 14.4 Å². The molecule has 3 amide bonds. The summed E-state index contributed by atoms with van der Waals surface area (Å²) >= 11 is 3.06. The molecule has 0 aliphatic carbocycles. The summed E-state index contributed by atoms with van der Waals surface area (Å²) in [7, 11) is 0. The van der Waals surface area contributed by atoms with Crippen LogP contribution in [-0.4, -0.2) is 57.7 Å². The number of carbonyl (C=O) groups is 3. The van der Waals surface area contributed by atoms with E-state index >= 15 is 0 Å². The Balaban J connectivity index is 1.26. The second kappa shape index (κ2) is 10.6. The molecule has 2 aliphatic heterocycles. The second-order valence-corrected chi connectivity index (χ2v) is 11.2. The normalized spacial score (nSPS) is 20.2. The average Bonchev–Trinajstić information content (AvgIpc) is 3.45. The molecule has 1 aromatic heterocycles. The van der Waals surface area contributed by atoms with E-state index in [0.29, 0.717) is 42.9 Å². The van der Waals surface area contributed by atoms with Crippen LogP contribution in [0, 0.1) is 11.8 Å². The largest absolute Gasteiger partial charge is 0.342 e. The first kappa shape index (κ1) is 23.7. The molecule has 10 heteroatoms. The quantitative estimate of drug-likeness (QED) is 0.473. The highest BCUT2D eigenvalue weighted by Crippen LogP contribution is 2.31. The Hall–Kier alpha value is -2.46. The molecule has 1 aromatic carbocycles. The maximum Gasteiger partial charge on any atom is 0.229 e. The van der Waals surface area contributed by atoms with Crippen molar-refractivity contribution in [2.45, 2.75) is 49.1 Å². The smallest absolute Gasteiger partial charge is 0.229 e. The van der Waals surface area contributed by atoms with E-state index in [4.69, 9.17) is 0 Å². The third kappa shape index (κ3) is 5.73. The van der Waals surface area contributed by atoms with E-state index in [1.54, 1.807) is 16.7 Å². The number of hydrogen-bond acceptors (Lipinski definition) is 7. The van der Waals surface area contributed by atoms with Gasteiger partial charge in [0.05, 0.1) is 5.92 Å². The molecule has 2 unspecified atom stereocenters. The van der Waals surface area contributed by atoms with E-state index in [2.05, 4.69) is 29.4 Å². The molecule has 0 radical (unpaired) electrons. The number of piperidine rings is 1. The van der Waals surface area contributed by atoms with Crippen LogP contribution < -0.4 is 10.2 Å². The number of anilines is 2. The summed E-state index contributed by atoms with van der Waals surface area (Å²) in [4.78, 5) is 41.7. The molecular weight excluding hydrogens is 458 g/mol. The van der Waals surface area contributed by atoms with Crippen LogP contribution in [0.5, 0.6) is 0 Å². The van der Waals surface area contributed by atoms with Gasteiger partial charge in [-0.05, 0) is 31.4 Å². The van der Waals surface area contributed by atoms with Gasteiger partial charge in [-0.2, -0.15) is 0 Å². The highest BCUT2D eigenvalue weighted by Gasteiger charge is 2.38. The number of benzene rings is 1. The summed E-state index contributed by atoms with van der Waals surface area (Å²) in [6.07, 6.45) is 2.49. The molecule has 176 valence electrons. The first-order valence-electron chi connectivity index (χ1n) is 11.4. The number of rotatable bonds is 7. The minimum Gasteiger partial charge on any atom is -0.342 e. The third-order valence-corrected chi connectivity index (χ3v) is 8.42. The average molecular weight is 488 g/mol. The fourth-order valence-corrected chi connectivity index (χ4v) is 6.12. The summed E-state index contributed by atoms with van der Waals surface area (Å²) < 4.78 is 0.857. The van der Waals surface area contributed by atoms with Crippen LogP contribution >= 0.6 is 23.1 Å². The van der Waals surface area contributed by atoms with Gasteiger partial charge in [0.2, 0.25) is 22.9 Å². The Morgan fingerprint density at radius 1 is 1.18 bits per heavy atom. The molecule has 2 saturated heterocycles. The summed E-state index contributed by atoms with van der Waals surface area (Å²) in [6.45, 7) is 5.73. The standard InChI is InChI=1S/C23H29N5O3S2/c1-3-15(2)32-23-26-25-22(33-23)24-20(30)16-9-11-27(12-10-16)21(31)17-13-19(29)28(14-17)18-7-5-4-6-8-18/h4-8,15-17H,3,9-14H2,1-2H3,(H,24,25,30). The minimum absolute atomic E-state index is 0.0106. The van der Waals surface area contributed by atoms with Crippen LogP contribution in [0.25, 0.3) is 0 Å². The van der Waals surface area contributed by atoms with Gasteiger partial charge in [0.15, 0.2) is 4.34 Å². The van der Waals surface area contributed by atoms with E-state index in [-0.39, 0.29) is 36.0 Å². The molecule has 2 atom stereocenters. The Bertz CT molecular complexity index is 991.